The Bertz CT molecular complexity index is 1030. The third-order valence-electron chi connectivity index (χ3n) is 5.34. The van der Waals surface area contributed by atoms with Crippen LogP contribution in [-0.2, 0) is 4.74 Å². The van der Waals surface area contributed by atoms with Gasteiger partial charge in [0.25, 0.3) is 0 Å². The molecule has 4 rings (SSSR count). The van der Waals surface area contributed by atoms with Gasteiger partial charge in [-0.2, -0.15) is 0 Å². The smallest absolute Gasteiger partial charge is 0.343 e. The molecule has 1 aliphatic heterocycles. The van der Waals surface area contributed by atoms with Crippen LogP contribution in [0, 0.1) is 5.82 Å². The molecule has 1 aromatic carbocycles. The maximum Gasteiger partial charge on any atom is 0.343 e. The topological polar surface area (TPSA) is 63.6 Å². The van der Waals surface area contributed by atoms with E-state index in [0.29, 0.717) is 25.2 Å². The summed E-state index contributed by atoms with van der Waals surface area (Å²) in [5.74, 6) is -1.32. The Balaban J connectivity index is 1.95. The van der Waals surface area contributed by atoms with Crippen LogP contribution in [0.5, 0.6) is 0 Å². The lowest BCUT2D eigenvalue weighted by Gasteiger charge is -2.35. The fourth-order valence-electron chi connectivity index (χ4n) is 3.76. The molecule has 0 spiro atoms. The minimum absolute atomic E-state index is 0.0206. The van der Waals surface area contributed by atoms with Crippen molar-refractivity contribution in [2.24, 2.45) is 0 Å². The van der Waals surface area contributed by atoms with Gasteiger partial charge in [-0.15, -0.1) is 6.58 Å². The standard InChI is InChI=1S/C20H21ClFN3O3/c1-3-11-9-24(7-6-23-11)18-15(22)8-13-17(16(18)21)25(12-4-5-12)10-14(19(13)26)20(27)28-2/h3,8,10-12,23H,1,4-7,9H2,2H3. The molecular formula is C20H21ClFN3O3. The van der Waals surface area contributed by atoms with Crippen LogP contribution in [0.2, 0.25) is 5.02 Å². The van der Waals surface area contributed by atoms with E-state index in [1.165, 1.54) is 19.4 Å². The largest absolute Gasteiger partial charge is 0.465 e. The fraction of sp³-hybridized carbons (Fsp3) is 0.400. The first-order valence-electron chi connectivity index (χ1n) is 9.22. The van der Waals surface area contributed by atoms with Crippen LogP contribution in [0.4, 0.5) is 10.1 Å². The van der Waals surface area contributed by atoms with Crippen LogP contribution in [0.1, 0.15) is 29.2 Å². The van der Waals surface area contributed by atoms with Gasteiger partial charge in [0, 0.05) is 37.9 Å². The van der Waals surface area contributed by atoms with Crippen LogP contribution in [0.25, 0.3) is 10.9 Å². The van der Waals surface area contributed by atoms with E-state index in [4.69, 9.17) is 16.3 Å². The Labute approximate surface area is 166 Å². The Morgan fingerprint density at radius 3 is 2.86 bits per heavy atom. The lowest BCUT2D eigenvalue weighted by molar-refractivity contribution is 0.0598. The van der Waals surface area contributed by atoms with Gasteiger partial charge in [0.1, 0.15) is 11.4 Å². The first-order chi connectivity index (χ1) is 13.5. The van der Waals surface area contributed by atoms with Crippen molar-refractivity contribution in [3.63, 3.8) is 0 Å². The first kappa shape index (κ1) is 19.0. The van der Waals surface area contributed by atoms with Crippen molar-refractivity contribution in [2.75, 3.05) is 31.6 Å². The fourth-order valence-corrected chi connectivity index (χ4v) is 4.17. The number of piperazine rings is 1. The van der Waals surface area contributed by atoms with Crippen molar-refractivity contribution in [3.8, 4) is 0 Å². The molecule has 1 aromatic heterocycles. The maximum atomic E-state index is 15.1. The number of rotatable bonds is 4. The molecule has 0 amide bonds. The van der Waals surface area contributed by atoms with Gasteiger partial charge in [0.05, 0.1) is 28.7 Å². The van der Waals surface area contributed by atoms with Gasteiger partial charge in [0.15, 0.2) is 0 Å². The number of halogens is 2. The maximum absolute atomic E-state index is 15.1. The van der Waals surface area contributed by atoms with E-state index in [-0.39, 0.29) is 33.7 Å². The number of benzene rings is 1. The molecule has 1 unspecified atom stereocenters. The number of pyridine rings is 1. The van der Waals surface area contributed by atoms with E-state index < -0.39 is 17.2 Å². The summed E-state index contributed by atoms with van der Waals surface area (Å²) in [5.41, 5.74) is 0.0587. The van der Waals surface area contributed by atoms with E-state index in [1.807, 2.05) is 9.47 Å². The highest BCUT2D eigenvalue weighted by Crippen LogP contribution is 2.42. The summed E-state index contributed by atoms with van der Waals surface area (Å²) in [5, 5.41) is 3.58. The van der Waals surface area contributed by atoms with E-state index in [0.717, 1.165) is 12.8 Å². The van der Waals surface area contributed by atoms with Gasteiger partial charge in [0.2, 0.25) is 5.43 Å². The second kappa shape index (κ2) is 7.22. The van der Waals surface area contributed by atoms with Gasteiger partial charge in [-0.3, -0.25) is 4.79 Å². The number of nitrogens with zero attached hydrogens (tertiary/aromatic N) is 2. The number of fused-ring (bicyclic) bond motifs is 1. The molecule has 2 aromatic rings. The predicted molar refractivity (Wildman–Crippen MR) is 107 cm³/mol. The molecule has 28 heavy (non-hydrogen) atoms. The number of carbonyl (C=O) groups excluding carboxylic acids is 1. The summed E-state index contributed by atoms with van der Waals surface area (Å²) in [6.07, 6.45) is 5.09. The second-order valence-corrected chi connectivity index (χ2v) is 7.54. The molecule has 1 N–H and O–H groups in total. The van der Waals surface area contributed by atoms with Crippen molar-refractivity contribution in [1.82, 2.24) is 9.88 Å². The summed E-state index contributed by atoms with van der Waals surface area (Å²) in [4.78, 5) is 26.7. The molecule has 148 valence electrons. The molecular weight excluding hydrogens is 385 g/mol. The molecule has 0 radical (unpaired) electrons. The zero-order valence-corrected chi connectivity index (χ0v) is 16.3. The SMILES string of the molecule is C=CC1CN(c2c(F)cc3c(=O)c(C(=O)OC)cn(C4CC4)c3c2Cl)CCN1. The van der Waals surface area contributed by atoms with Crippen molar-refractivity contribution >= 4 is 34.2 Å². The average Bonchev–Trinajstić information content (AvgIpc) is 3.53. The highest BCUT2D eigenvalue weighted by atomic mass is 35.5. The monoisotopic (exact) mass is 405 g/mol. The van der Waals surface area contributed by atoms with Crippen molar-refractivity contribution in [3.05, 3.63) is 51.5 Å². The van der Waals surface area contributed by atoms with Crippen molar-refractivity contribution in [2.45, 2.75) is 24.9 Å². The molecule has 1 saturated heterocycles. The number of anilines is 1. The minimum atomic E-state index is -0.738. The lowest BCUT2D eigenvalue weighted by Crippen LogP contribution is -2.50. The van der Waals surface area contributed by atoms with Crippen LogP contribution < -0.4 is 15.6 Å². The molecule has 1 atom stereocenters. The van der Waals surface area contributed by atoms with Gasteiger partial charge >= 0.3 is 5.97 Å². The quantitative estimate of drug-likeness (QED) is 0.626. The number of aromatic nitrogens is 1. The van der Waals surface area contributed by atoms with Gasteiger partial charge in [-0.05, 0) is 18.9 Å². The molecule has 2 fully saturated rings. The summed E-state index contributed by atoms with van der Waals surface area (Å²) in [6, 6.07) is 1.34. The Kier molecular flexibility index (Phi) is 4.89. The number of hydrogen-bond donors (Lipinski definition) is 1. The highest BCUT2D eigenvalue weighted by Gasteiger charge is 2.31. The third kappa shape index (κ3) is 3.08. The molecule has 1 saturated carbocycles. The second-order valence-electron chi connectivity index (χ2n) is 7.16. The molecule has 1 aliphatic carbocycles. The van der Waals surface area contributed by atoms with E-state index in [1.54, 1.807) is 6.08 Å². The van der Waals surface area contributed by atoms with Gasteiger partial charge in [-0.25, -0.2) is 9.18 Å². The molecule has 6 nitrogen and oxygen atoms in total. The Morgan fingerprint density at radius 2 is 2.21 bits per heavy atom. The molecule has 8 heteroatoms. The number of carbonyl (C=O) groups is 1. The van der Waals surface area contributed by atoms with Crippen LogP contribution >= 0.6 is 11.6 Å². The van der Waals surface area contributed by atoms with Crippen molar-refractivity contribution < 1.29 is 13.9 Å². The van der Waals surface area contributed by atoms with E-state index >= 15 is 4.39 Å². The van der Waals surface area contributed by atoms with Gasteiger partial charge < -0.3 is 19.5 Å². The minimum Gasteiger partial charge on any atom is -0.465 e. The molecule has 2 heterocycles. The van der Waals surface area contributed by atoms with Crippen LogP contribution in [-0.4, -0.2) is 43.3 Å². The van der Waals surface area contributed by atoms with Gasteiger partial charge in [-0.1, -0.05) is 17.7 Å². The first-order valence-corrected chi connectivity index (χ1v) is 9.60. The number of hydrogen-bond acceptors (Lipinski definition) is 5. The number of methoxy groups -OCH3 is 1. The summed E-state index contributed by atoms with van der Waals surface area (Å²) < 4.78 is 21.6. The summed E-state index contributed by atoms with van der Waals surface area (Å²) >= 11 is 6.68. The normalized spacial score (nSPS) is 19.7. The van der Waals surface area contributed by atoms with Crippen LogP contribution in [0.15, 0.2) is 29.7 Å². The zero-order chi connectivity index (χ0) is 20.0. The summed E-state index contributed by atoms with van der Waals surface area (Å²) in [6.45, 7) is 5.57. The molecule has 2 aliphatic rings. The van der Waals surface area contributed by atoms with E-state index in [2.05, 4.69) is 11.9 Å². The summed E-state index contributed by atoms with van der Waals surface area (Å²) in [7, 11) is 1.21. The lowest BCUT2D eigenvalue weighted by atomic mass is 10.1. The molecule has 0 bridgehead atoms. The third-order valence-corrected chi connectivity index (χ3v) is 5.69. The number of esters is 1. The van der Waals surface area contributed by atoms with Crippen molar-refractivity contribution in [1.29, 1.82) is 0 Å². The Hall–Kier alpha value is -2.38. The number of nitrogens with one attached hydrogen (secondary N) is 1. The van der Waals surface area contributed by atoms with Crippen LogP contribution in [0.3, 0.4) is 0 Å². The predicted octanol–water partition coefficient (Wildman–Crippen LogP) is 2.88. The number of ether oxygens (including phenoxy) is 1. The Morgan fingerprint density at radius 1 is 1.46 bits per heavy atom. The van der Waals surface area contributed by atoms with E-state index in [9.17, 15) is 9.59 Å². The zero-order valence-electron chi connectivity index (χ0n) is 15.5. The average molecular weight is 406 g/mol. The highest BCUT2D eigenvalue weighted by molar-refractivity contribution is 6.38.